The highest BCUT2D eigenvalue weighted by Crippen LogP contribution is 2.23. The van der Waals surface area contributed by atoms with Gasteiger partial charge in [-0.15, -0.1) is 0 Å². The van der Waals surface area contributed by atoms with Crippen LogP contribution in [-0.2, 0) is 10.0 Å². The van der Waals surface area contributed by atoms with Crippen molar-refractivity contribution in [2.45, 2.75) is 11.8 Å². The maximum Gasteiger partial charge on any atom is 0.261 e. The Kier molecular flexibility index (Phi) is 3.87. The third kappa shape index (κ3) is 3.02. The second-order valence-corrected chi connectivity index (χ2v) is 6.34. The molecule has 0 aliphatic rings. The van der Waals surface area contributed by atoms with Crippen LogP contribution in [0.2, 0.25) is 5.02 Å². The van der Waals surface area contributed by atoms with Gasteiger partial charge in [-0.05, 0) is 42.8 Å². The van der Waals surface area contributed by atoms with Gasteiger partial charge in [0.2, 0.25) is 0 Å². The molecule has 0 saturated heterocycles. The highest BCUT2D eigenvalue weighted by molar-refractivity contribution is 7.92. The van der Waals surface area contributed by atoms with Crippen LogP contribution in [0.5, 0.6) is 0 Å². The third-order valence-corrected chi connectivity index (χ3v) is 4.49. The Bertz CT molecular complexity index is 763. The minimum absolute atomic E-state index is 0.109. The van der Waals surface area contributed by atoms with E-state index >= 15 is 0 Å². The molecule has 0 aromatic heterocycles. The Labute approximate surface area is 121 Å². The average molecular weight is 315 g/mol. The van der Waals surface area contributed by atoms with Crippen LogP contribution in [-0.4, -0.2) is 8.42 Å². The molecule has 7 heteroatoms. The summed E-state index contributed by atoms with van der Waals surface area (Å²) >= 11 is 5.92. The lowest BCUT2D eigenvalue weighted by Crippen LogP contribution is -2.13. The van der Waals surface area contributed by atoms with Gasteiger partial charge < -0.3 is 5.73 Å². The number of hydrogen-bond donors (Lipinski definition) is 2. The van der Waals surface area contributed by atoms with Crippen LogP contribution in [0.4, 0.5) is 15.8 Å². The van der Waals surface area contributed by atoms with Gasteiger partial charge in [0, 0.05) is 5.02 Å². The molecule has 0 aliphatic carbocycles. The number of sulfonamides is 1. The normalized spacial score (nSPS) is 11.3. The van der Waals surface area contributed by atoms with E-state index in [4.69, 9.17) is 17.3 Å². The summed E-state index contributed by atoms with van der Waals surface area (Å²) in [6.07, 6.45) is 0. The zero-order valence-corrected chi connectivity index (χ0v) is 12.1. The van der Waals surface area contributed by atoms with Crippen molar-refractivity contribution in [2.24, 2.45) is 0 Å². The van der Waals surface area contributed by atoms with E-state index in [1.807, 2.05) is 0 Å². The van der Waals surface area contributed by atoms with Crippen molar-refractivity contribution in [1.29, 1.82) is 0 Å². The number of halogens is 2. The Morgan fingerprint density at radius 3 is 2.50 bits per heavy atom. The van der Waals surface area contributed by atoms with Gasteiger partial charge in [0.25, 0.3) is 10.0 Å². The summed E-state index contributed by atoms with van der Waals surface area (Å²) in [6, 6.07) is 8.05. The van der Waals surface area contributed by atoms with Crippen molar-refractivity contribution >= 4 is 33.0 Å². The molecule has 2 rings (SSSR count). The fourth-order valence-corrected chi connectivity index (χ4v) is 2.79. The van der Waals surface area contributed by atoms with Gasteiger partial charge in [0.1, 0.15) is 5.82 Å². The van der Waals surface area contributed by atoms with Crippen LogP contribution in [0.15, 0.2) is 41.3 Å². The van der Waals surface area contributed by atoms with E-state index in [9.17, 15) is 12.8 Å². The number of nitrogens with one attached hydrogen (secondary N) is 1. The molecule has 2 aromatic carbocycles. The zero-order chi connectivity index (χ0) is 14.9. The molecule has 0 unspecified atom stereocenters. The first-order chi connectivity index (χ1) is 9.29. The van der Waals surface area contributed by atoms with Crippen LogP contribution in [0.25, 0.3) is 0 Å². The Morgan fingerprint density at radius 2 is 1.90 bits per heavy atom. The highest BCUT2D eigenvalue weighted by Gasteiger charge is 2.16. The summed E-state index contributed by atoms with van der Waals surface area (Å²) in [5.74, 6) is -0.783. The monoisotopic (exact) mass is 314 g/mol. The molecule has 0 heterocycles. The van der Waals surface area contributed by atoms with E-state index in [1.165, 1.54) is 18.2 Å². The number of hydrogen-bond acceptors (Lipinski definition) is 3. The molecule has 0 saturated carbocycles. The van der Waals surface area contributed by atoms with Crippen LogP contribution in [0.3, 0.4) is 0 Å². The maximum absolute atomic E-state index is 13.3. The van der Waals surface area contributed by atoms with Gasteiger partial charge in [-0.25, -0.2) is 12.8 Å². The quantitative estimate of drug-likeness (QED) is 0.855. The summed E-state index contributed by atoms with van der Waals surface area (Å²) in [5, 5.41) is 0.439. The first-order valence-electron chi connectivity index (χ1n) is 5.63. The molecule has 106 valence electrons. The second-order valence-electron chi connectivity index (χ2n) is 4.25. The molecule has 4 nitrogen and oxygen atoms in total. The second kappa shape index (κ2) is 5.30. The van der Waals surface area contributed by atoms with E-state index in [0.29, 0.717) is 10.7 Å². The molecule has 20 heavy (non-hydrogen) atoms. The molecular weight excluding hydrogens is 303 g/mol. The van der Waals surface area contributed by atoms with Crippen molar-refractivity contribution in [3.63, 3.8) is 0 Å². The molecular formula is C13H12ClFN2O2S. The lowest BCUT2D eigenvalue weighted by molar-refractivity contribution is 0.596. The predicted octanol–water partition coefficient (Wildman–Crippen LogP) is 3.17. The van der Waals surface area contributed by atoms with Crippen molar-refractivity contribution < 1.29 is 12.8 Å². The molecule has 3 N–H and O–H groups in total. The van der Waals surface area contributed by atoms with Gasteiger partial charge >= 0.3 is 0 Å². The molecule has 0 radical (unpaired) electrons. The van der Waals surface area contributed by atoms with Crippen molar-refractivity contribution in [1.82, 2.24) is 0 Å². The topological polar surface area (TPSA) is 72.2 Å². The Hall–Kier alpha value is -1.79. The van der Waals surface area contributed by atoms with E-state index in [2.05, 4.69) is 4.72 Å². The van der Waals surface area contributed by atoms with Crippen molar-refractivity contribution in [2.75, 3.05) is 10.5 Å². The number of aryl methyl sites for hydroxylation is 1. The largest absolute Gasteiger partial charge is 0.396 e. The van der Waals surface area contributed by atoms with Gasteiger partial charge in [-0.3, -0.25) is 4.72 Å². The van der Waals surface area contributed by atoms with Crippen LogP contribution in [0, 0.1) is 12.7 Å². The van der Waals surface area contributed by atoms with Crippen LogP contribution in [0.1, 0.15) is 5.56 Å². The summed E-state index contributed by atoms with van der Waals surface area (Å²) in [5.41, 5.74) is 6.33. The van der Waals surface area contributed by atoms with Gasteiger partial charge in [0.05, 0.1) is 16.3 Å². The molecule has 0 fully saturated rings. The zero-order valence-electron chi connectivity index (χ0n) is 10.5. The van der Waals surface area contributed by atoms with E-state index in [0.717, 1.165) is 11.6 Å². The standard InChI is InChI=1S/C13H12ClFN2O2S/c1-8-2-3-9(6-11(8)14)17-20(18,19)10-4-5-13(16)12(15)7-10/h2-7,17H,16H2,1H3. The molecule has 0 bridgehead atoms. The van der Waals surface area contributed by atoms with Crippen LogP contribution < -0.4 is 10.5 Å². The third-order valence-electron chi connectivity index (χ3n) is 2.71. The summed E-state index contributed by atoms with van der Waals surface area (Å²) in [6.45, 7) is 1.80. The summed E-state index contributed by atoms with van der Waals surface area (Å²) in [7, 11) is -3.89. The van der Waals surface area contributed by atoms with Crippen LogP contribution >= 0.6 is 11.6 Å². The highest BCUT2D eigenvalue weighted by atomic mass is 35.5. The first-order valence-corrected chi connectivity index (χ1v) is 7.50. The van der Waals surface area contributed by atoms with E-state index in [-0.39, 0.29) is 10.6 Å². The average Bonchev–Trinajstić information content (AvgIpc) is 2.37. The Morgan fingerprint density at radius 1 is 1.20 bits per heavy atom. The minimum atomic E-state index is -3.89. The number of rotatable bonds is 3. The van der Waals surface area contributed by atoms with Crippen molar-refractivity contribution in [3.8, 4) is 0 Å². The number of benzene rings is 2. The number of nitrogen functional groups attached to an aromatic ring is 1. The first kappa shape index (κ1) is 14.6. The predicted molar refractivity (Wildman–Crippen MR) is 77.8 cm³/mol. The summed E-state index contributed by atoms with van der Waals surface area (Å²) < 4.78 is 39.9. The van der Waals surface area contributed by atoms with E-state index in [1.54, 1.807) is 19.1 Å². The molecule has 0 amide bonds. The number of anilines is 2. The fraction of sp³-hybridized carbons (Fsp3) is 0.0769. The molecule has 2 aromatic rings. The minimum Gasteiger partial charge on any atom is -0.396 e. The smallest absolute Gasteiger partial charge is 0.261 e. The molecule has 0 spiro atoms. The number of nitrogens with two attached hydrogens (primary N) is 1. The lowest BCUT2D eigenvalue weighted by Gasteiger charge is -2.09. The molecule has 0 aliphatic heterocycles. The van der Waals surface area contributed by atoms with Gasteiger partial charge in [-0.1, -0.05) is 17.7 Å². The maximum atomic E-state index is 13.3. The Balaban J connectivity index is 2.35. The van der Waals surface area contributed by atoms with Gasteiger partial charge in [-0.2, -0.15) is 0 Å². The lowest BCUT2D eigenvalue weighted by atomic mass is 10.2. The van der Waals surface area contributed by atoms with Crippen molar-refractivity contribution in [3.05, 3.63) is 52.8 Å². The SMILES string of the molecule is Cc1ccc(NS(=O)(=O)c2ccc(N)c(F)c2)cc1Cl. The van der Waals surface area contributed by atoms with E-state index < -0.39 is 15.8 Å². The van der Waals surface area contributed by atoms with Gasteiger partial charge in [0.15, 0.2) is 0 Å². The fourth-order valence-electron chi connectivity index (χ4n) is 1.55. The summed E-state index contributed by atoms with van der Waals surface area (Å²) in [4.78, 5) is -0.208. The molecule has 0 atom stereocenters.